The first-order valence-corrected chi connectivity index (χ1v) is 5.98. The lowest BCUT2D eigenvalue weighted by Gasteiger charge is -2.35. The van der Waals surface area contributed by atoms with Gasteiger partial charge in [0.1, 0.15) is 0 Å². The normalized spacial score (nSPS) is 27.4. The van der Waals surface area contributed by atoms with E-state index in [4.69, 9.17) is 0 Å². The maximum Gasteiger partial charge on any atom is 0.333 e. The monoisotopic (exact) mass is 282 g/mol. The summed E-state index contributed by atoms with van der Waals surface area (Å²) in [5.41, 5.74) is -1.64. The van der Waals surface area contributed by atoms with Gasteiger partial charge in [-0.15, -0.1) is 11.3 Å². The molecular formula is C9H9BrF2OS. The second-order valence-corrected chi connectivity index (χ2v) is 5.47. The zero-order valence-electron chi connectivity index (χ0n) is 7.27. The number of aliphatic hydroxyl groups is 1. The molecule has 0 amide bonds. The van der Waals surface area contributed by atoms with Crippen LogP contribution in [-0.2, 0) is 12.0 Å². The summed E-state index contributed by atoms with van der Waals surface area (Å²) in [5.74, 6) is 0. The highest BCUT2D eigenvalue weighted by molar-refractivity contribution is 9.10. The number of alkyl halides is 3. The Balaban J connectivity index is 2.50. The molecule has 1 aliphatic rings. The maximum atomic E-state index is 13.2. The fraction of sp³-hybridized carbons (Fsp3) is 0.556. The number of halogens is 3. The predicted molar refractivity (Wildman–Crippen MR) is 55.0 cm³/mol. The largest absolute Gasteiger partial charge is 0.378 e. The van der Waals surface area contributed by atoms with Crippen molar-refractivity contribution >= 4 is 27.3 Å². The Kier molecular flexibility index (Phi) is 2.44. The molecule has 1 aromatic rings. The molecule has 0 fully saturated rings. The van der Waals surface area contributed by atoms with Crippen molar-refractivity contribution in [1.29, 1.82) is 0 Å². The molecule has 1 unspecified atom stereocenters. The van der Waals surface area contributed by atoms with Gasteiger partial charge in [0.05, 0.1) is 0 Å². The first-order chi connectivity index (χ1) is 6.45. The van der Waals surface area contributed by atoms with E-state index in [-0.39, 0.29) is 6.42 Å². The van der Waals surface area contributed by atoms with Crippen molar-refractivity contribution in [3.63, 3.8) is 0 Å². The summed E-state index contributed by atoms with van der Waals surface area (Å²) in [6.45, 7) is 0. The van der Waals surface area contributed by atoms with Crippen LogP contribution >= 0.6 is 27.3 Å². The van der Waals surface area contributed by atoms with Crippen molar-refractivity contribution in [2.45, 2.75) is 29.7 Å². The summed E-state index contributed by atoms with van der Waals surface area (Å²) in [5, 5.41) is 11.7. The molecule has 1 aromatic heterocycles. The summed E-state index contributed by atoms with van der Waals surface area (Å²) >= 11 is 3.70. The molecule has 0 saturated heterocycles. The van der Waals surface area contributed by atoms with Gasteiger partial charge in [0.25, 0.3) is 0 Å². The number of fused-ring (bicyclic) bond motifs is 1. The van der Waals surface area contributed by atoms with Crippen LogP contribution in [0.5, 0.6) is 0 Å². The van der Waals surface area contributed by atoms with Gasteiger partial charge >= 0.3 is 4.83 Å². The number of hydrogen-bond acceptors (Lipinski definition) is 2. The second-order valence-electron chi connectivity index (χ2n) is 3.47. The van der Waals surface area contributed by atoms with Crippen LogP contribution in [0.15, 0.2) is 11.4 Å². The third-order valence-electron chi connectivity index (χ3n) is 2.60. The van der Waals surface area contributed by atoms with E-state index in [9.17, 15) is 13.9 Å². The fourth-order valence-corrected chi connectivity index (χ4v) is 3.24. The fourth-order valence-electron chi connectivity index (χ4n) is 1.84. The summed E-state index contributed by atoms with van der Waals surface area (Å²) in [6, 6.07) is 1.59. The smallest absolute Gasteiger partial charge is 0.333 e. The third-order valence-corrected chi connectivity index (χ3v) is 4.24. The lowest BCUT2D eigenvalue weighted by atomic mass is 9.83. The summed E-state index contributed by atoms with van der Waals surface area (Å²) in [4.78, 5) is -2.38. The molecule has 2 rings (SSSR count). The van der Waals surface area contributed by atoms with E-state index >= 15 is 0 Å². The Morgan fingerprint density at radius 1 is 1.57 bits per heavy atom. The van der Waals surface area contributed by atoms with Crippen LogP contribution in [0.1, 0.15) is 23.3 Å². The first-order valence-electron chi connectivity index (χ1n) is 4.31. The summed E-state index contributed by atoms with van der Waals surface area (Å²) in [6.07, 6.45) is 1.50. The van der Waals surface area contributed by atoms with E-state index in [1.807, 2.05) is 0 Å². The first kappa shape index (κ1) is 10.5. The third kappa shape index (κ3) is 1.42. The van der Waals surface area contributed by atoms with Crippen LogP contribution in [0, 0.1) is 0 Å². The zero-order valence-corrected chi connectivity index (χ0v) is 9.67. The Morgan fingerprint density at radius 2 is 2.29 bits per heavy atom. The molecule has 5 heteroatoms. The summed E-state index contributed by atoms with van der Waals surface area (Å²) in [7, 11) is 0. The molecule has 0 aliphatic heterocycles. The maximum absolute atomic E-state index is 13.2. The molecule has 14 heavy (non-hydrogen) atoms. The molecule has 0 aromatic carbocycles. The van der Waals surface area contributed by atoms with Crippen molar-refractivity contribution in [3.05, 3.63) is 21.9 Å². The van der Waals surface area contributed by atoms with Crippen LogP contribution in [0.2, 0.25) is 0 Å². The molecular weight excluding hydrogens is 274 g/mol. The lowest BCUT2D eigenvalue weighted by Crippen LogP contribution is -2.43. The molecule has 0 radical (unpaired) electrons. The van der Waals surface area contributed by atoms with E-state index in [0.29, 0.717) is 12.0 Å². The zero-order chi connectivity index (χ0) is 10.4. The molecule has 1 nitrogen and oxygen atoms in total. The molecule has 1 aliphatic carbocycles. The van der Waals surface area contributed by atoms with E-state index in [0.717, 1.165) is 11.3 Å². The van der Waals surface area contributed by atoms with Crippen LogP contribution < -0.4 is 0 Å². The van der Waals surface area contributed by atoms with Gasteiger partial charge in [-0.2, -0.15) is 8.78 Å². The number of thiophene rings is 1. The average Bonchev–Trinajstić information content (AvgIpc) is 2.51. The van der Waals surface area contributed by atoms with Gasteiger partial charge in [0, 0.05) is 10.4 Å². The van der Waals surface area contributed by atoms with Gasteiger partial charge in [-0.25, -0.2) is 0 Å². The average molecular weight is 283 g/mol. The molecule has 78 valence electrons. The van der Waals surface area contributed by atoms with E-state index < -0.39 is 10.4 Å². The minimum atomic E-state index is -3.25. The Morgan fingerprint density at radius 3 is 2.93 bits per heavy atom. The van der Waals surface area contributed by atoms with Gasteiger partial charge in [-0.1, -0.05) is 0 Å². The predicted octanol–water partition coefficient (Wildman–Crippen LogP) is 3.26. The molecule has 1 heterocycles. The van der Waals surface area contributed by atoms with Crippen LogP contribution in [0.25, 0.3) is 0 Å². The van der Waals surface area contributed by atoms with Gasteiger partial charge in [0.15, 0.2) is 5.60 Å². The second kappa shape index (κ2) is 3.25. The van der Waals surface area contributed by atoms with Gasteiger partial charge < -0.3 is 5.11 Å². The number of hydrogen-bond donors (Lipinski definition) is 1. The van der Waals surface area contributed by atoms with Crippen LogP contribution in [0.4, 0.5) is 8.78 Å². The van der Waals surface area contributed by atoms with Crippen molar-refractivity contribution in [2.75, 3.05) is 0 Å². The Labute approximate surface area is 92.9 Å². The van der Waals surface area contributed by atoms with Crippen molar-refractivity contribution < 1.29 is 13.9 Å². The SMILES string of the molecule is OC1(C(F)(F)Br)CCCc2sccc21. The molecule has 0 spiro atoms. The van der Waals surface area contributed by atoms with Crippen molar-refractivity contribution in [3.8, 4) is 0 Å². The van der Waals surface area contributed by atoms with E-state index in [2.05, 4.69) is 15.9 Å². The number of aryl methyl sites for hydroxylation is 1. The molecule has 0 saturated carbocycles. The minimum absolute atomic E-state index is 0.106. The van der Waals surface area contributed by atoms with E-state index in [1.54, 1.807) is 11.4 Å². The van der Waals surface area contributed by atoms with Crippen LogP contribution in [0.3, 0.4) is 0 Å². The van der Waals surface area contributed by atoms with Gasteiger partial charge in [0.2, 0.25) is 0 Å². The van der Waals surface area contributed by atoms with Gasteiger partial charge in [-0.3, -0.25) is 0 Å². The topological polar surface area (TPSA) is 20.2 Å². The Bertz CT molecular complexity index is 347. The quantitative estimate of drug-likeness (QED) is 0.784. The van der Waals surface area contributed by atoms with Gasteiger partial charge in [-0.05, 0) is 46.6 Å². The van der Waals surface area contributed by atoms with E-state index in [1.165, 1.54) is 11.3 Å². The highest BCUT2D eigenvalue weighted by Gasteiger charge is 2.53. The van der Waals surface area contributed by atoms with Crippen molar-refractivity contribution in [2.24, 2.45) is 0 Å². The minimum Gasteiger partial charge on any atom is -0.378 e. The highest BCUT2D eigenvalue weighted by Crippen LogP contribution is 2.50. The molecule has 1 N–H and O–H groups in total. The Hall–Kier alpha value is -0.000000000000000111. The van der Waals surface area contributed by atoms with Crippen LogP contribution in [-0.4, -0.2) is 9.94 Å². The standard InChI is InChI=1S/C9H9BrF2OS/c10-9(11,12)8(13)4-1-2-7-6(8)3-5-14-7/h3,5,13H,1-2,4H2. The molecule has 0 bridgehead atoms. The highest BCUT2D eigenvalue weighted by atomic mass is 79.9. The number of rotatable bonds is 1. The lowest BCUT2D eigenvalue weighted by molar-refractivity contribution is -0.130. The molecule has 1 atom stereocenters. The van der Waals surface area contributed by atoms with Crippen molar-refractivity contribution in [1.82, 2.24) is 0 Å². The summed E-state index contributed by atoms with van der Waals surface area (Å²) < 4.78 is 26.4.